The second-order valence-corrected chi connectivity index (χ2v) is 4.70. The summed E-state index contributed by atoms with van der Waals surface area (Å²) in [6, 6.07) is 8.62. The zero-order chi connectivity index (χ0) is 10.9. The molecule has 1 heterocycles. The van der Waals surface area contributed by atoms with Crippen molar-refractivity contribution < 1.29 is 4.79 Å². The number of hydrogen-bond acceptors (Lipinski definition) is 1. The van der Waals surface area contributed by atoms with Gasteiger partial charge in [-0.1, -0.05) is 36.8 Å². The second-order valence-electron chi connectivity index (χ2n) is 4.70. The minimum Gasteiger partial charge on any atom is -0.355 e. The van der Waals surface area contributed by atoms with E-state index in [1.165, 1.54) is 11.1 Å². The smallest absolute Gasteiger partial charge is 0.220 e. The molecule has 0 aliphatic carbocycles. The van der Waals surface area contributed by atoms with Crippen LogP contribution in [0.15, 0.2) is 24.3 Å². The molecule has 2 nitrogen and oxygen atoms in total. The molecule has 0 aromatic heterocycles. The summed E-state index contributed by atoms with van der Waals surface area (Å²) in [7, 11) is 0. The lowest BCUT2D eigenvalue weighted by Gasteiger charge is -2.34. The van der Waals surface area contributed by atoms with Gasteiger partial charge >= 0.3 is 0 Å². The maximum Gasteiger partial charge on any atom is 0.220 e. The van der Waals surface area contributed by atoms with Gasteiger partial charge in [-0.15, -0.1) is 0 Å². The number of carbonyl (C=O) groups excluding carboxylic acids is 1. The summed E-state index contributed by atoms with van der Waals surface area (Å²) in [4.78, 5) is 11.1. The summed E-state index contributed by atoms with van der Waals surface area (Å²) in [6.45, 7) is 5.07. The van der Waals surface area contributed by atoms with Gasteiger partial charge in [-0.05, 0) is 18.9 Å². The van der Waals surface area contributed by atoms with E-state index in [9.17, 15) is 4.79 Å². The molecule has 15 heavy (non-hydrogen) atoms. The van der Waals surface area contributed by atoms with Crippen LogP contribution in [0, 0.1) is 6.92 Å². The van der Waals surface area contributed by atoms with Crippen LogP contribution in [0.25, 0.3) is 0 Å². The highest BCUT2D eigenvalue weighted by molar-refractivity contribution is 5.77. The van der Waals surface area contributed by atoms with Crippen molar-refractivity contribution >= 4 is 5.91 Å². The van der Waals surface area contributed by atoms with Gasteiger partial charge in [-0.2, -0.15) is 0 Å². The van der Waals surface area contributed by atoms with Crippen LogP contribution in [0.2, 0.25) is 0 Å². The van der Waals surface area contributed by atoms with E-state index in [1.54, 1.807) is 0 Å². The maximum atomic E-state index is 11.1. The summed E-state index contributed by atoms with van der Waals surface area (Å²) in [5, 5.41) is 2.95. The Morgan fingerprint density at radius 1 is 1.27 bits per heavy atom. The SMILES string of the molecule is Cc1ccc(C2(C)CCC(=O)NC2)cc1. The predicted octanol–water partition coefficient (Wildman–Crippen LogP) is 2.16. The molecule has 1 fully saturated rings. The van der Waals surface area contributed by atoms with Crippen LogP contribution >= 0.6 is 0 Å². The molecule has 1 amide bonds. The molecule has 1 saturated heterocycles. The third kappa shape index (κ3) is 2.04. The lowest BCUT2D eigenvalue weighted by atomic mass is 9.76. The molecule has 1 aromatic carbocycles. The van der Waals surface area contributed by atoms with Crippen LogP contribution < -0.4 is 5.32 Å². The number of nitrogens with one attached hydrogen (secondary N) is 1. The molecule has 2 heteroatoms. The van der Waals surface area contributed by atoms with Gasteiger partial charge in [0.25, 0.3) is 0 Å². The van der Waals surface area contributed by atoms with Crippen molar-refractivity contribution in [3.05, 3.63) is 35.4 Å². The first kappa shape index (κ1) is 10.2. The van der Waals surface area contributed by atoms with Gasteiger partial charge in [-0.3, -0.25) is 4.79 Å². The number of hydrogen-bond donors (Lipinski definition) is 1. The Morgan fingerprint density at radius 3 is 2.47 bits per heavy atom. The fourth-order valence-electron chi connectivity index (χ4n) is 2.06. The Hall–Kier alpha value is -1.31. The number of benzene rings is 1. The zero-order valence-corrected chi connectivity index (χ0v) is 9.34. The third-order valence-corrected chi connectivity index (χ3v) is 3.33. The average Bonchev–Trinajstić information content (AvgIpc) is 2.24. The lowest BCUT2D eigenvalue weighted by molar-refractivity contribution is -0.123. The lowest BCUT2D eigenvalue weighted by Crippen LogP contribution is -2.44. The Bertz CT molecular complexity index is 357. The molecular formula is C13H17NO. The molecule has 0 saturated carbocycles. The molecule has 1 atom stereocenters. The van der Waals surface area contributed by atoms with Crippen LogP contribution in [0.5, 0.6) is 0 Å². The van der Waals surface area contributed by atoms with Crippen molar-refractivity contribution in [2.75, 3.05) is 6.54 Å². The van der Waals surface area contributed by atoms with Gasteiger partial charge in [-0.25, -0.2) is 0 Å². The van der Waals surface area contributed by atoms with Gasteiger partial charge in [0.05, 0.1) is 0 Å². The molecule has 1 aliphatic rings. The van der Waals surface area contributed by atoms with Gasteiger partial charge in [0.2, 0.25) is 5.91 Å². The summed E-state index contributed by atoms with van der Waals surface area (Å²) >= 11 is 0. The first-order valence-corrected chi connectivity index (χ1v) is 5.44. The Morgan fingerprint density at radius 2 is 1.93 bits per heavy atom. The van der Waals surface area contributed by atoms with Crippen molar-refractivity contribution in [1.29, 1.82) is 0 Å². The summed E-state index contributed by atoms with van der Waals surface area (Å²) in [5.74, 6) is 0.180. The van der Waals surface area contributed by atoms with Crippen LogP contribution in [0.1, 0.15) is 30.9 Å². The number of carbonyl (C=O) groups is 1. The Labute approximate surface area is 90.7 Å². The van der Waals surface area contributed by atoms with Gasteiger partial charge in [0.15, 0.2) is 0 Å². The minimum absolute atomic E-state index is 0.113. The fourth-order valence-corrected chi connectivity index (χ4v) is 2.06. The molecule has 1 aromatic rings. The number of amides is 1. The van der Waals surface area contributed by atoms with Crippen molar-refractivity contribution in [2.45, 2.75) is 32.1 Å². The van der Waals surface area contributed by atoms with Gasteiger partial charge in [0, 0.05) is 18.4 Å². The van der Waals surface area contributed by atoms with E-state index < -0.39 is 0 Å². The molecule has 1 aliphatic heterocycles. The van der Waals surface area contributed by atoms with E-state index in [0.717, 1.165) is 13.0 Å². The fraction of sp³-hybridized carbons (Fsp3) is 0.462. The molecular weight excluding hydrogens is 186 g/mol. The molecule has 1 unspecified atom stereocenters. The van der Waals surface area contributed by atoms with E-state index in [1.807, 2.05) is 0 Å². The molecule has 2 rings (SSSR count). The summed E-state index contributed by atoms with van der Waals surface area (Å²) in [5.41, 5.74) is 2.72. The van der Waals surface area contributed by atoms with Crippen LogP contribution in [0.4, 0.5) is 0 Å². The van der Waals surface area contributed by atoms with Gasteiger partial charge < -0.3 is 5.32 Å². The largest absolute Gasteiger partial charge is 0.355 e. The monoisotopic (exact) mass is 203 g/mol. The Balaban J connectivity index is 2.22. The predicted molar refractivity (Wildman–Crippen MR) is 60.8 cm³/mol. The summed E-state index contributed by atoms with van der Waals surface area (Å²) < 4.78 is 0. The third-order valence-electron chi connectivity index (χ3n) is 3.33. The van der Waals surface area contributed by atoms with E-state index in [2.05, 4.69) is 43.4 Å². The van der Waals surface area contributed by atoms with Crippen molar-refractivity contribution in [3.8, 4) is 0 Å². The quantitative estimate of drug-likeness (QED) is 0.744. The van der Waals surface area contributed by atoms with Crippen molar-refractivity contribution in [2.24, 2.45) is 0 Å². The molecule has 0 bridgehead atoms. The minimum atomic E-state index is 0.113. The molecule has 0 radical (unpaired) electrons. The Kier molecular flexibility index (Phi) is 2.51. The number of piperidine rings is 1. The standard InChI is InChI=1S/C13H17NO/c1-10-3-5-11(6-4-10)13(2)8-7-12(15)14-9-13/h3-6H,7-9H2,1-2H3,(H,14,15). The zero-order valence-electron chi connectivity index (χ0n) is 9.34. The van der Waals surface area contributed by atoms with E-state index in [0.29, 0.717) is 6.42 Å². The van der Waals surface area contributed by atoms with E-state index >= 15 is 0 Å². The first-order chi connectivity index (χ1) is 7.10. The average molecular weight is 203 g/mol. The number of rotatable bonds is 1. The topological polar surface area (TPSA) is 29.1 Å². The van der Waals surface area contributed by atoms with Crippen molar-refractivity contribution in [1.82, 2.24) is 5.32 Å². The second kappa shape index (κ2) is 3.69. The first-order valence-electron chi connectivity index (χ1n) is 5.44. The van der Waals surface area contributed by atoms with Crippen LogP contribution in [-0.2, 0) is 10.2 Å². The highest BCUT2D eigenvalue weighted by Gasteiger charge is 2.31. The van der Waals surface area contributed by atoms with Crippen molar-refractivity contribution in [3.63, 3.8) is 0 Å². The van der Waals surface area contributed by atoms with E-state index in [-0.39, 0.29) is 11.3 Å². The van der Waals surface area contributed by atoms with Gasteiger partial charge in [0.1, 0.15) is 0 Å². The molecule has 0 spiro atoms. The maximum absolute atomic E-state index is 11.1. The van der Waals surface area contributed by atoms with Crippen LogP contribution in [0.3, 0.4) is 0 Å². The molecule has 80 valence electrons. The normalized spacial score (nSPS) is 26.1. The highest BCUT2D eigenvalue weighted by Crippen LogP contribution is 2.30. The molecule has 1 N–H and O–H groups in total. The number of aryl methyl sites for hydroxylation is 1. The van der Waals surface area contributed by atoms with E-state index in [4.69, 9.17) is 0 Å². The highest BCUT2D eigenvalue weighted by atomic mass is 16.1. The summed E-state index contributed by atoms with van der Waals surface area (Å²) in [6.07, 6.45) is 1.59. The van der Waals surface area contributed by atoms with Crippen LogP contribution in [-0.4, -0.2) is 12.5 Å².